The van der Waals surface area contributed by atoms with Crippen LogP contribution in [0.5, 0.6) is 5.75 Å². The number of amides is 3. The van der Waals surface area contributed by atoms with Crippen molar-refractivity contribution in [1.82, 2.24) is 5.32 Å². The number of carbonyl (C=O) groups is 2. The number of rotatable bonds is 8. The summed E-state index contributed by atoms with van der Waals surface area (Å²) in [4.78, 5) is 27.7. The molecule has 1 heterocycles. The monoisotopic (exact) mass is 440 g/mol. The van der Waals surface area contributed by atoms with Crippen molar-refractivity contribution in [3.05, 3.63) is 48.0 Å². The summed E-state index contributed by atoms with van der Waals surface area (Å²) in [6, 6.07) is 12.2. The number of nitrogens with zero attached hydrogens (tertiary/aromatic N) is 1. The minimum Gasteiger partial charge on any atom is -0.497 e. The van der Waals surface area contributed by atoms with Crippen molar-refractivity contribution in [3.63, 3.8) is 0 Å². The Kier molecular flexibility index (Phi) is 8.33. The number of nitrogens with one attached hydrogen (secondary N) is 3. The second-order valence-corrected chi connectivity index (χ2v) is 7.96. The molecule has 1 fully saturated rings. The number of ether oxygens (including phenoxy) is 2. The average molecular weight is 441 g/mol. The average Bonchev–Trinajstić information content (AvgIpc) is 2.80. The van der Waals surface area contributed by atoms with E-state index < -0.39 is 6.03 Å². The number of hydrogen-bond acceptors (Lipinski definition) is 5. The predicted octanol–water partition coefficient (Wildman–Crippen LogP) is 3.95. The number of carbonyl (C=O) groups excluding carboxylic acids is 2. The quantitative estimate of drug-likeness (QED) is 0.541. The lowest BCUT2D eigenvalue weighted by atomic mass is 9.98. The van der Waals surface area contributed by atoms with Gasteiger partial charge in [0, 0.05) is 49.9 Å². The lowest BCUT2D eigenvalue weighted by Gasteiger charge is -2.33. The fourth-order valence-electron chi connectivity index (χ4n) is 3.68. The van der Waals surface area contributed by atoms with Crippen molar-refractivity contribution < 1.29 is 19.1 Å². The van der Waals surface area contributed by atoms with Gasteiger partial charge in [-0.05, 0) is 49.1 Å². The van der Waals surface area contributed by atoms with Crippen LogP contribution < -0.4 is 25.6 Å². The Morgan fingerprint density at radius 2 is 1.75 bits per heavy atom. The first-order chi connectivity index (χ1) is 15.5. The highest BCUT2D eigenvalue weighted by molar-refractivity contribution is 6.04. The zero-order valence-corrected chi connectivity index (χ0v) is 18.9. The molecule has 8 heteroatoms. The summed E-state index contributed by atoms with van der Waals surface area (Å²) in [5.41, 5.74) is 2.57. The van der Waals surface area contributed by atoms with Gasteiger partial charge in [0.1, 0.15) is 5.75 Å². The normalized spacial score (nSPS) is 14.0. The highest BCUT2D eigenvalue weighted by Crippen LogP contribution is 2.29. The Morgan fingerprint density at radius 1 is 1.03 bits per heavy atom. The molecular weight excluding hydrogens is 408 g/mol. The van der Waals surface area contributed by atoms with E-state index in [0.717, 1.165) is 31.6 Å². The molecule has 0 bridgehead atoms. The number of benzene rings is 2. The fourth-order valence-corrected chi connectivity index (χ4v) is 3.68. The second-order valence-electron chi connectivity index (χ2n) is 7.96. The molecule has 3 amide bonds. The van der Waals surface area contributed by atoms with E-state index >= 15 is 0 Å². The SMILES string of the molecule is COCCNC(=O)c1cc(NC(=O)Nc2cccc(OC)c2)ccc1N1CCC(C)CC1. The Bertz CT molecular complexity index is 926. The molecule has 0 atom stereocenters. The summed E-state index contributed by atoms with van der Waals surface area (Å²) < 4.78 is 10.2. The van der Waals surface area contributed by atoms with Gasteiger partial charge in [-0.2, -0.15) is 0 Å². The molecule has 1 aliphatic rings. The first-order valence-corrected chi connectivity index (χ1v) is 10.9. The molecule has 8 nitrogen and oxygen atoms in total. The minimum absolute atomic E-state index is 0.187. The largest absolute Gasteiger partial charge is 0.497 e. The predicted molar refractivity (Wildman–Crippen MR) is 127 cm³/mol. The van der Waals surface area contributed by atoms with Crippen LogP contribution in [0.25, 0.3) is 0 Å². The molecule has 3 N–H and O–H groups in total. The number of piperidine rings is 1. The van der Waals surface area contributed by atoms with Gasteiger partial charge in [0.2, 0.25) is 0 Å². The molecule has 3 rings (SSSR count). The van der Waals surface area contributed by atoms with E-state index in [1.54, 1.807) is 44.6 Å². The molecule has 0 spiro atoms. The smallest absolute Gasteiger partial charge is 0.323 e. The topological polar surface area (TPSA) is 91.9 Å². The minimum atomic E-state index is -0.399. The van der Waals surface area contributed by atoms with Gasteiger partial charge in [0.15, 0.2) is 0 Å². The Balaban J connectivity index is 1.76. The first kappa shape index (κ1) is 23.4. The van der Waals surface area contributed by atoms with Crippen molar-refractivity contribution in [3.8, 4) is 5.75 Å². The summed E-state index contributed by atoms with van der Waals surface area (Å²) in [6.07, 6.45) is 2.18. The van der Waals surface area contributed by atoms with Crippen molar-refractivity contribution in [2.24, 2.45) is 5.92 Å². The third-order valence-electron chi connectivity index (χ3n) is 5.54. The number of anilines is 3. The first-order valence-electron chi connectivity index (χ1n) is 10.9. The maximum Gasteiger partial charge on any atom is 0.323 e. The van der Waals surface area contributed by atoms with Crippen LogP contribution in [0.1, 0.15) is 30.1 Å². The van der Waals surface area contributed by atoms with Crippen molar-refractivity contribution in [2.75, 3.05) is 56.0 Å². The molecular formula is C24H32N4O4. The second kappa shape index (κ2) is 11.4. The molecule has 1 saturated heterocycles. The van der Waals surface area contributed by atoms with Crippen molar-refractivity contribution in [2.45, 2.75) is 19.8 Å². The van der Waals surface area contributed by atoms with E-state index in [-0.39, 0.29) is 5.91 Å². The highest BCUT2D eigenvalue weighted by Gasteiger charge is 2.22. The summed E-state index contributed by atoms with van der Waals surface area (Å²) in [5.74, 6) is 1.15. The van der Waals surface area contributed by atoms with Gasteiger partial charge in [-0.15, -0.1) is 0 Å². The zero-order chi connectivity index (χ0) is 22.9. The van der Waals surface area contributed by atoms with Crippen LogP contribution in [-0.4, -0.2) is 52.4 Å². The van der Waals surface area contributed by atoms with Gasteiger partial charge in [0.25, 0.3) is 5.91 Å². The van der Waals surface area contributed by atoms with E-state index in [4.69, 9.17) is 9.47 Å². The van der Waals surface area contributed by atoms with Crippen molar-refractivity contribution >= 4 is 29.0 Å². The van der Waals surface area contributed by atoms with E-state index in [1.807, 2.05) is 12.1 Å². The Labute approximate surface area is 189 Å². The molecule has 0 radical (unpaired) electrons. The lowest BCUT2D eigenvalue weighted by molar-refractivity contribution is 0.0937. The van der Waals surface area contributed by atoms with Gasteiger partial charge in [0.05, 0.1) is 19.3 Å². The van der Waals surface area contributed by atoms with E-state index in [0.29, 0.717) is 41.8 Å². The van der Waals surface area contributed by atoms with Crippen LogP contribution in [0.4, 0.5) is 21.9 Å². The lowest BCUT2D eigenvalue weighted by Crippen LogP contribution is -2.35. The van der Waals surface area contributed by atoms with Crippen LogP contribution in [-0.2, 0) is 4.74 Å². The van der Waals surface area contributed by atoms with Gasteiger partial charge in [-0.25, -0.2) is 4.79 Å². The number of hydrogen-bond donors (Lipinski definition) is 3. The Hall–Kier alpha value is -3.26. The van der Waals surface area contributed by atoms with Crippen LogP contribution >= 0.6 is 0 Å². The molecule has 2 aromatic rings. The third kappa shape index (κ3) is 6.37. The standard InChI is InChI=1S/C24H32N4O4/c1-17-9-12-28(13-10-17)22-8-7-19(16-21(22)23(29)25-11-14-31-2)27-24(30)26-18-5-4-6-20(15-18)32-3/h4-8,15-17H,9-14H2,1-3H3,(H,25,29)(H2,26,27,30). The fraction of sp³-hybridized carbons (Fsp3) is 0.417. The van der Waals surface area contributed by atoms with Gasteiger partial charge in [-0.1, -0.05) is 13.0 Å². The summed E-state index contributed by atoms with van der Waals surface area (Å²) in [6.45, 7) is 4.91. The maximum atomic E-state index is 12.9. The van der Waals surface area contributed by atoms with E-state index in [2.05, 4.69) is 27.8 Å². The molecule has 2 aromatic carbocycles. The van der Waals surface area contributed by atoms with E-state index in [1.165, 1.54) is 0 Å². The molecule has 0 saturated carbocycles. The molecule has 0 aliphatic carbocycles. The van der Waals surface area contributed by atoms with E-state index in [9.17, 15) is 9.59 Å². The van der Waals surface area contributed by atoms with Crippen LogP contribution in [0.15, 0.2) is 42.5 Å². The van der Waals surface area contributed by atoms with Crippen molar-refractivity contribution in [1.29, 1.82) is 0 Å². The maximum absolute atomic E-state index is 12.9. The van der Waals surface area contributed by atoms with Gasteiger partial charge < -0.3 is 30.3 Å². The third-order valence-corrected chi connectivity index (χ3v) is 5.54. The molecule has 1 aliphatic heterocycles. The van der Waals surface area contributed by atoms with Gasteiger partial charge in [-0.3, -0.25) is 4.79 Å². The highest BCUT2D eigenvalue weighted by atomic mass is 16.5. The Morgan fingerprint density at radius 3 is 2.44 bits per heavy atom. The zero-order valence-electron chi connectivity index (χ0n) is 18.9. The molecule has 0 aromatic heterocycles. The molecule has 0 unspecified atom stereocenters. The van der Waals surface area contributed by atoms with Gasteiger partial charge >= 0.3 is 6.03 Å². The summed E-state index contributed by atoms with van der Waals surface area (Å²) in [5, 5.41) is 8.48. The number of methoxy groups -OCH3 is 2. The number of urea groups is 1. The summed E-state index contributed by atoms with van der Waals surface area (Å²) >= 11 is 0. The molecule has 32 heavy (non-hydrogen) atoms. The van der Waals surface area contributed by atoms with Crippen LogP contribution in [0.3, 0.4) is 0 Å². The molecule has 172 valence electrons. The van der Waals surface area contributed by atoms with Crippen LogP contribution in [0.2, 0.25) is 0 Å². The summed E-state index contributed by atoms with van der Waals surface area (Å²) in [7, 11) is 3.17. The van der Waals surface area contributed by atoms with Crippen LogP contribution in [0, 0.1) is 5.92 Å².